The first kappa shape index (κ1) is 32.1. The van der Waals surface area contributed by atoms with E-state index in [4.69, 9.17) is 48.1 Å². The number of aliphatic hydroxyl groups is 2. The number of hydrogen-bond donors (Lipinski definition) is 5. The first-order valence-corrected chi connectivity index (χ1v) is 16.7. The number of hydrogen-bond acceptors (Lipinski definition) is 20. The van der Waals surface area contributed by atoms with E-state index in [9.17, 15) is 24.1 Å². The topological polar surface area (TPSA) is 308 Å². The molecule has 4 aromatic heterocycles. The van der Waals surface area contributed by atoms with E-state index in [1.165, 1.54) is 28.1 Å². The number of ether oxygens (including phenoxy) is 2. The minimum atomic E-state index is -4.58. The van der Waals surface area contributed by atoms with E-state index >= 15 is 0 Å². The molecule has 47 heavy (non-hydrogen) atoms. The van der Waals surface area contributed by atoms with Gasteiger partial charge >= 0.3 is 15.6 Å². The smallest absolute Gasteiger partial charge is 0.387 e. The summed E-state index contributed by atoms with van der Waals surface area (Å²) in [4.78, 5) is 35.1. The molecule has 3 saturated heterocycles. The maximum Gasteiger partial charge on any atom is 0.475 e. The number of H-pyrrole nitrogens is 1. The van der Waals surface area contributed by atoms with Crippen LogP contribution in [0.2, 0.25) is 0 Å². The van der Waals surface area contributed by atoms with Crippen molar-refractivity contribution < 1.29 is 56.0 Å². The van der Waals surface area contributed by atoms with Crippen LogP contribution >= 0.6 is 15.6 Å². The van der Waals surface area contributed by atoms with Gasteiger partial charge in [0, 0.05) is 14.2 Å². The van der Waals surface area contributed by atoms with Crippen LogP contribution in [0.3, 0.4) is 0 Å². The summed E-state index contributed by atoms with van der Waals surface area (Å²) < 4.78 is 75.0. The van der Waals surface area contributed by atoms with Crippen LogP contribution in [-0.2, 0) is 45.7 Å². The number of nitrogens with two attached hydrogens (primary N) is 2. The number of aromatic amines is 1. The number of nitrogens with zero attached hydrogens (tertiary/aromatic N) is 7. The first-order valence-electron chi connectivity index (χ1n) is 13.7. The standard InChI is InChI=1S/C22H28N10O13P2/c1-38-46(36)41-4-9-13(34)15(21(43-9)32-7-28-11-18(32)29-22(24)30-19(11)35)45-47(37,39-2)40-3-8-12(33)14(44-46)20(42-8)31-6-27-10-16(23)25-5-26-17(10)31/h5-9,12-15,20-21,33-34H,3-4H2,1-2H3,(H2,23,25,26)(H3,24,29,30,35)/t8-,9-,12+,13+,14?,15+,20-,21-,46?,47?/m1/s1. The molecular weight excluding hydrogens is 674 g/mol. The number of nitrogens with one attached hydrogen (secondary N) is 1. The number of anilines is 2. The van der Waals surface area contributed by atoms with Gasteiger partial charge in [0.1, 0.15) is 48.5 Å². The molecule has 4 bridgehead atoms. The second kappa shape index (κ2) is 11.9. The van der Waals surface area contributed by atoms with Crippen molar-refractivity contribution in [2.75, 3.05) is 38.9 Å². The van der Waals surface area contributed by atoms with Gasteiger partial charge in [-0.2, -0.15) is 4.98 Å². The van der Waals surface area contributed by atoms with Crippen molar-refractivity contribution in [3.05, 3.63) is 29.3 Å². The molecular formula is C22H28N10O13P2. The molecule has 3 fully saturated rings. The molecule has 0 saturated carbocycles. The zero-order chi connectivity index (χ0) is 33.2. The number of phosphoric acid groups is 2. The number of nitrogen functional groups attached to an aromatic ring is 2. The quantitative estimate of drug-likeness (QED) is 0.159. The number of imidazole rings is 2. The Bertz CT molecular complexity index is 1970. The van der Waals surface area contributed by atoms with Gasteiger partial charge in [0.05, 0.1) is 25.9 Å². The van der Waals surface area contributed by atoms with Crippen LogP contribution in [0.5, 0.6) is 0 Å². The van der Waals surface area contributed by atoms with E-state index in [0.717, 1.165) is 14.2 Å². The Morgan fingerprint density at radius 3 is 1.94 bits per heavy atom. The Balaban J connectivity index is 1.26. The third-order valence-electron chi connectivity index (χ3n) is 7.75. The van der Waals surface area contributed by atoms with E-state index in [1.807, 2.05) is 0 Å². The molecule has 7 heterocycles. The van der Waals surface area contributed by atoms with Crippen LogP contribution < -0.4 is 17.0 Å². The molecule has 25 heteroatoms. The van der Waals surface area contributed by atoms with Crippen LogP contribution in [0.15, 0.2) is 23.8 Å². The van der Waals surface area contributed by atoms with Gasteiger partial charge in [0.25, 0.3) is 5.56 Å². The summed E-state index contributed by atoms with van der Waals surface area (Å²) in [5, 5.41) is 22.6. The van der Waals surface area contributed by atoms with Gasteiger partial charge in [-0.1, -0.05) is 0 Å². The maximum atomic E-state index is 13.8. The van der Waals surface area contributed by atoms with Gasteiger partial charge in [-0.05, 0) is 0 Å². The van der Waals surface area contributed by atoms with E-state index in [0.29, 0.717) is 0 Å². The van der Waals surface area contributed by atoms with E-state index in [-0.39, 0.29) is 34.1 Å². The maximum absolute atomic E-state index is 13.8. The van der Waals surface area contributed by atoms with Crippen LogP contribution in [0, 0.1) is 0 Å². The molecule has 0 amide bonds. The minimum Gasteiger partial charge on any atom is -0.387 e. The van der Waals surface area contributed by atoms with Crippen LogP contribution in [0.4, 0.5) is 11.8 Å². The predicted octanol–water partition coefficient (Wildman–Crippen LogP) is -1.03. The molecule has 0 aliphatic carbocycles. The zero-order valence-electron chi connectivity index (χ0n) is 24.3. The molecule has 10 atom stereocenters. The number of aromatic nitrogens is 8. The summed E-state index contributed by atoms with van der Waals surface area (Å²) in [6, 6.07) is 0. The monoisotopic (exact) mass is 702 g/mol. The largest absolute Gasteiger partial charge is 0.475 e. The highest BCUT2D eigenvalue weighted by molar-refractivity contribution is 7.48. The first-order chi connectivity index (χ1) is 22.4. The highest BCUT2D eigenvalue weighted by Crippen LogP contribution is 2.57. The van der Waals surface area contributed by atoms with Gasteiger partial charge < -0.3 is 31.2 Å². The molecule has 23 nitrogen and oxygen atoms in total. The Hall–Kier alpha value is -3.44. The fourth-order valence-electron chi connectivity index (χ4n) is 5.45. The second-order valence-electron chi connectivity index (χ2n) is 10.5. The highest BCUT2D eigenvalue weighted by Gasteiger charge is 2.54. The van der Waals surface area contributed by atoms with Crippen molar-refractivity contribution in [1.82, 2.24) is 39.0 Å². The third-order valence-corrected chi connectivity index (χ3v) is 10.6. The van der Waals surface area contributed by atoms with E-state index in [1.54, 1.807) is 0 Å². The summed E-state index contributed by atoms with van der Waals surface area (Å²) in [5.41, 5.74) is 11.2. The van der Waals surface area contributed by atoms with Crippen molar-refractivity contribution in [2.24, 2.45) is 0 Å². The molecule has 7 N–H and O–H groups in total. The Morgan fingerprint density at radius 2 is 1.38 bits per heavy atom. The predicted molar refractivity (Wildman–Crippen MR) is 153 cm³/mol. The van der Waals surface area contributed by atoms with Gasteiger partial charge in [0.2, 0.25) is 5.95 Å². The molecule has 0 spiro atoms. The van der Waals surface area contributed by atoms with Crippen LogP contribution in [-0.4, -0.2) is 113 Å². The molecule has 3 unspecified atom stereocenters. The van der Waals surface area contributed by atoms with Gasteiger partial charge in [0.15, 0.2) is 35.1 Å². The lowest BCUT2D eigenvalue weighted by Crippen LogP contribution is -2.38. The normalized spacial score (nSPS) is 36.6. The van der Waals surface area contributed by atoms with Crippen LogP contribution in [0.1, 0.15) is 12.5 Å². The van der Waals surface area contributed by atoms with Crippen LogP contribution in [0.25, 0.3) is 22.3 Å². The molecule has 3 aliphatic heterocycles. The summed E-state index contributed by atoms with van der Waals surface area (Å²) in [7, 11) is -7.07. The molecule has 4 aromatic rings. The summed E-state index contributed by atoms with van der Waals surface area (Å²) in [6.45, 7) is -1.29. The molecule has 0 radical (unpaired) electrons. The van der Waals surface area contributed by atoms with Crippen molar-refractivity contribution in [3.8, 4) is 0 Å². The van der Waals surface area contributed by atoms with E-state index in [2.05, 4.69) is 29.9 Å². The van der Waals surface area contributed by atoms with Crippen molar-refractivity contribution >= 4 is 49.7 Å². The lowest BCUT2D eigenvalue weighted by atomic mass is 10.1. The molecule has 7 rings (SSSR count). The number of phosphoric ester groups is 2. The minimum absolute atomic E-state index is 0.0606. The fraction of sp³-hybridized carbons (Fsp3) is 0.545. The summed E-state index contributed by atoms with van der Waals surface area (Å²) in [5.74, 6) is -0.178. The zero-order valence-corrected chi connectivity index (χ0v) is 26.1. The van der Waals surface area contributed by atoms with Gasteiger partial charge in [-0.15, -0.1) is 0 Å². The molecule has 0 aromatic carbocycles. The van der Waals surface area contributed by atoms with Gasteiger partial charge in [-0.3, -0.25) is 46.1 Å². The van der Waals surface area contributed by atoms with Gasteiger partial charge in [-0.25, -0.2) is 29.1 Å². The summed E-state index contributed by atoms with van der Waals surface area (Å²) >= 11 is 0. The average molecular weight is 702 g/mol. The third kappa shape index (κ3) is 5.53. The van der Waals surface area contributed by atoms with E-state index < -0.39 is 83.5 Å². The fourth-order valence-corrected chi connectivity index (χ4v) is 7.67. The molecule has 254 valence electrons. The van der Waals surface area contributed by atoms with Crippen molar-refractivity contribution in [1.29, 1.82) is 0 Å². The number of fused-ring (bicyclic) bond motifs is 6. The number of rotatable bonds is 4. The number of aliphatic hydroxyl groups excluding tert-OH is 2. The SMILES string of the molecule is COP1(=O)OC[C@H]2O[C@@H](n3cnc4c(=O)[nH]c(N)nc43)[C@@H](OP(=O)(OC)OC[C@H]3O[C@@H](n4cnc5c(N)ncnc54)C(O1)[C@H]3O)[C@H]2O. The lowest BCUT2D eigenvalue weighted by Gasteiger charge is -2.27. The summed E-state index contributed by atoms with van der Waals surface area (Å²) in [6.07, 6.45) is -7.98. The molecule has 3 aliphatic rings. The Morgan fingerprint density at radius 1 is 0.851 bits per heavy atom. The Kier molecular flexibility index (Phi) is 8.14. The Labute approximate surface area is 262 Å². The average Bonchev–Trinajstić information content (AvgIpc) is 3.80. The van der Waals surface area contributed by atoms with Crippen molar-refractivity contribution in [2.45, 2.75) is 49.1 Å². The highest BCUT2D eigenvalue weighted by atomic mass is 31.2. The lowest BCUT2D eigenvalue weighted by molar-refractivity contribution is -0.0692. The van der Waals surface area contributed by atoms with Crippen molar-refractivity contribution in [3.63, 3.8) is 0 Å². The second-order valence-corrected chi connectivity index (χ2v) is 13.9.